The van der Waals surface area contributed by atoms with E-state index in [1.54, 1.807) is 11.4 Å². The number of rotatable bonds is 3. The van der Waals surface area contributed by atoms with Crippen LogP contribution in [0.1, 0.15) is 52.1 Å². The van der Waals surface area contributed by atoms with E-state index in [1.807, 2.05) is 33.8 Å². The van der Waals surface area contributed by atoms with Crippen molar-refractivity contribution in [2.24, 2.45) is 0 Å². The van der Waals surface area contributed by atoms with Crippen molar-refractivity contribution in [3.8, 4) is 0 Å². The maximum absolute atomic E-state index is 12.7. The summed E-state index contributed by atoms with van der Waals surface area (Å²) in [7, 11) is 0. The van der Waals surface area contributed by atoms with Crippen molar-refractivity contribution in [2.45, 2.75) is 40.7 Å². The first-order chi connectivity index (χ1) is 10.9. The average Bonchev–Trinajstić information content (AvgIpc) is 3.02. The highest BCUT2D eigenvalue weighted by Crippen LogP contribution is 2.17. The summed E-state index contributed by atoms with van der Waals surface area (Å²) in [4.78, 5) is 21.4. The molecule has 8 heteroatoms. The van der Waals surface area contributed by atoms with Crippen molar-refractivity contribution in [1.82, 2.24) is 35.1 Å². The Morgan fingerprint density at radius 2 is 2.00 bits per heavy atom. The zero-order chi connectivity index (χ0) is 16.7. The molecule has 1 atom stereocenters. The smallest absolute Gasteiger partial charge is 0.257 e. The van der Waals surface area contributed by atoms with Crippen molar-refractivity contribution < 1.29 is 4.79 Å². The van der Waals surface area contributed by atoms with E-state index in [0.717, 1.165) is 11.4 Å². The summed E-state index contributed by atoms with van der Waals surface area (Å²) < 4.78 is 1.69. The van der Waals surface area contributed by atoms with E-state index in [4.69, 9.17) is 0 Å². The molecule has 0 aliphatic heterocycles. The van der Waals surface area contributed by atoms with E-state index >= 15 is 0 Å². The number of nitrogens with zero attached hydrogens (tertiary/aromatic N) is 5. The second kappa shape index (κ2) is 5.45. The quantitative estimate of drug-likeness (QED) is 0.764. The van der Waals surface area contributed by atoms with E-state index in [2.05, 4.69) is 30.6 Å². The molecule has 0 aliphatic carbocycles. The third-order valence-corrected chi connectivity index (χ3v) is 3.65. The van der Waals surface area contributed by atoms with Gasteiger partial charge < -0.3 is 5.32 Å². The number of aromatic amines is 1. The topological polar surface area (TPSA) is 101 Å². The summed E-state index contributed by atoms with van der Waals surface area (Å²) in [5, 5.41) is 14.2. The number of aryl methyl sites for hydroxylation is 4. The molecule has 8 nitrogen and oxygen atoms in total. The van der Waals surface area contributed by atoms with E-state index < -0.39 is 0 Å². The molecule has 2 N–H and O–H groups in total. The number of fused-ring (bicyclic) bond motifs is 1. The highest BCUT2D eigenvalue weighted by Gasteiger charge is 2.22. The van der Waals surface area contributed by atoms with E-state index in [-0.39, 0.29) is 11.9 Å². The molecule has 1 amide bonds. The average molecular weight is 313 g/mol. The summed E-state index contributed by atoms with van der Waals surface area (Å²) in [5.74, 6) is 1.02. The second-order valence-corrected chi connectivity index (χ2v) is 5.71. The molecule has 0 bridgehead atoms. The molecule has 0 aromatic carbocycles. The number of hydrogen-bond donors (Lipinski definition) is 2. The molecule has 0 saturated heterocycles. The molecule has 0 saturated carbocycles. The lowest BCUT2D eigenvalue weighted by molar-refractivity contribution is 0.0939. The molecule has 23 heavy (non-hydrogen) atoms. The summed E-state index contributed by atoms with van der Waals surface area (Å²) in [6, 6.07) is 1.62. The zero-order valence-corrected chi connectivity index (χ0v) is 13.8. The molecule has 3 heterocycles. The van der Waals surface area contributed by atoms with Crippen LogP contribution in [0, 0.1) is 27.7 Å². The third-order valence-electron chi connectivity index (χ3n) is 3.65. The Morgan fingerprint density at radius 3 is 2.65 bits per heavy atom. The SMILES string of the molecule is Cc1cc(C)n2nc(C)c(C(=O)N[C@H](C)c3n[nH]c(C)n3)c2n1. The van der Waals surface area contributed by atoms with Crippen LogP contribution in [0.15, 0.2) is 6.07 Å². The summed E-state index contributed by atoms with van der Waals surface area (Å²) in [6.45, 7) is 9.30. The van der Waals surface area contributed by atoms with Gasteiger partial charge in [0.25, 0.3) is 5.91 Å². The van der Waals surface area contributed by atoms with Crippen LogP contribution in [0.25, 0.3) is 5.65 Å². The van der Waals surface area contributed by atoms with Crippen LogP contribution >= 0.6 is 0 Å². The van der Waals surface area contributed by atoms with Gasteiger partial charge in [0, 0.05) is 11.4 Å². The van der Waals surface area contributed by atoms with Gasteiger partial charge in [-0.15, -0.1) is 0 Å². The fourth-order valence-corrected chi connectivity index (χ4v) is 2.58. The standard InChI is InChI=1S/C15H19N7O/c1-7-6-8(2)22-14(16-7)12(9(3)21-22)15(23)17-10(4)13-18-11(5)19-20-13/h6,10H,1-5H3,(H,17,23)(H,18,19,20)/t10-/m1/s1. The van der Waals surface area contributed by atoms with Crippen LogP contribution in [0.5, 0.6) is 0 Å². The second-order valence-electron chi connectivity index (χ2n) is 5.71. The van der Waals surface area contributed by atoms with Crippen molar-refractivity contribution in [3.63, 3.8) is 0 Å². The van der Waals surface area contributed by atoms with Crippen molar-refractivity contribution in [2.75, 3.05) is 0 Å². The lowest BCUT2D eigenvalue weighted by Crippen LogP contribution is -2.28. The van der Waals surface area contributed by atoms with Crippen LogP contribution in [0.3, 0.4) is 0 Å². The van der Waals surface area contributed by atoms with Crippen LogP contribution in [0.2, 0.25) is 0 Å². The van der Waals surface area contributed by atoms with E-state index in [0.29, 0.717) is 28.6 Å². The number of aromatic nitrogens is 6. The van der Waals surface area contributed by atoms with Crippen LogP contribution in [-0.2, 0) is 0 Å². The Bertz CT molecular complexity index is 893. The Morgan fingerprint density at radius 1 is 1.26 bits per heavy atom. The molecule has 0 fully saturated rings. The fourth-order valence-electron chi connectivity index (χ4n) is 2.58. The first-order valence-corrected chi connectivity index (χ1v) is 7.40. The molecule has 3 rings (SSSR count). The van der Waals surface area contributed by atoms with Crippen molar-refractivity contribution in [3.05, 3.63) is 40.4 Å². The van der Waals surface area contributed by atoms with Crippen LogP contribution in [0.4, 0.5) is 0 Å². The minimum absolute atomic E-state index is 0.232. The third kappa shape index (κ3) is 2.67. The van der Waals surface area contributed by atoms with E-state index in [9.17, 15) is 4.79 Å². The minimum atomic E-state index is -0.312. The number of carbonyl (C=O) groups is 1. The summed E-state index contributed by atoms with van der Waals surface area (Å²) >= 11 is 0. The van der Waals surface area contributed by atoms with Gasteiger partial charge in [0.05, 0.1) is 11.7 Å². The van der Waals surface area contributed by atoms with Gasteiger partial charge in [0.2, 0.25) is 0 Å². The van der Waals surface area contributed by atoms with Gasteiger partial charge in [0.15, 0.2) is 11.5 Å². The Labute approximate surface area is 133 Å². The molecule has 3 aromatic heterocycles. The largest absolute Gasteiger partial charge is 0.342 e. The number of carbonyl (C=O) groups excluding carboxylic acids is 1. The molecular weight excluding hydrogens is 294 g/mol. The molecule has 0 unspecified atom stereocenters. The van der Waals surface area contributed by atoms with Crippen molar-refractivity contribution >= 4 is 11.6 Å². The number of hydrogen-bond acceptors (Lipinski definition) is 5. The Balaban J connectivity index is 1.96. The summed E-state index contributed by atoms with van der Waals surface area (Å²) in [5.41, 5.74) is 3.47. The van der Waals surface area contributed by atoms with Gasteiger partial charge in [0.1, 0.15) is 11.4 Å². The lowest BCUT2D eigenvalue weighted by Gasteiger charge is -2.10. The van der Waals surface area contributed by atoms with Crippen LogP contribution < -0.4 is 5.32 Å². The molecule has 0 spiro atoms. The van der Waals surface area contributed by atoms with Gasteiger partial charge in [-0.1, -0.05) is 0 Å². The maximum Gasteiger partial charge on any atom is 0.257 e. The maximum atomic E-state index is 12.7. The van der Waals surface area contributed by atoms with Gasteiger partial charge in [-0.05, 0) is 40.7 Å². The number of amides is 1. The first-order valence-electron chi connectivity index (χ1n) is 7.40. The van der Waals surface area contributed by atoms with Gasteiger partial charge in [-0.25, -0.2) is 14.5 Å². The first kappa shape index (κ1) is 15.1. The van der Waals surface area contributed by atoms with Gasteiger partial charge >= 0.3 is 0 Å². The molecule has 120 valence electrons. The van der Waals surface area contributed by atoms with Gasteiger partial charge in [-0.2, -0.15) is 10.2 Å². The van der Waals surface area contributed by atoms with Gasteiger partial charge in [-0.3, -0.25) is 9.89 Å². The predicted octanol–water partition coefficient (Wildman–Crippen LogP) is 1.57. The Hall–Kier alpha value is -2.77. The Kier molecular flexibility index (Phi) is 3.59. The lowest BCUT2D eigenvalue weighted by atomic mass is 10.2. The monoisotopic (exact) mass is 313 g/mol. The summed E-state index contributed by atoms with van der Waals surface area (Å²) in [6.07, 6.45) is 0. The van der Waals surface area contributed by atoms with E-state index in [1.165, 1.54) is 0 Å². The zero-order valence-electron chi connectivity index (χ0n) is 13.8. The molecule has 0 aliphatic rings. The number of H-pyrrole nitrogens is 1. The van der Waals surface area contributed by atoms with Crippen molar-refractivity contribution in [1.29, 1.82) is 0 Å². The fraction of sp³-hybridized carbons (Fsp3) is 0.400. The molecule has 3 aromatic rings. The normalized spacial score (nSPS) is 12.6. The molecular formula is C15H19N7O. The molecule has 0 radical (unpaired) electrons. The number of nitrogens with one attached hydrogen (secondary N) is 2. The highest BCUT2D eigenvalue weighted by molar-refractivity contribution is 6.01. The predicted molar refractivity (Wildman–Crippen MR) is 84.2 cm³/mol. The highest BCUT2D eigenvalue weighted by atomic mass is 16.1. The minimum Gasteiger partial charge on any atom is -0.342 e. The van der Waals surface area contributed by atoms with Crippen LogP contribution in [-0.4, -0.2) is 35.7 Å².